The van der Waals surface area contributed by atoms with Crippen LogP contribution in [-0.2, 0) is 13.1 Å². The lowest BCUT2D eigenvalue weighted by molar-refractivity contribution is 0.337. The summed E-state index contributed by atoms with van der Waals surface area (Å²) in [6, 6.07) is 5.57. The summed E-state index contributed by atoms with van der Waals surface area (Å²) in [6.45, 7) is 5.98. The summed E-state index contributed by atoms with van der Waals surface area (Å²) in [4.78, 5) is 0. The fraction of sp³-hybridized carbons (Fsp3) is 0.462. The standard InChI is InChI=1S/C13H18ClN5O/c1-3-7-19-13(16-17-18-19)15-9-10-8-11(14)5-6-12(10)20-4-2/h5-6,8H,3-4,7,9H2,1-2H3,(H,15,16,18). The van der Waals surface area contributed by atoms with Gasteiger partial charge in [-0.3, -0.25) is 0 Å². The number of hydrogen-bond acceptors (Lipinski definition) is 5. The lowest BCUT2D eigenvalue weighted by Gasteiger charge is -2.11. The first kappa shape index (κ1) is 14.6. The zero-order valence-electron chi connectivity index (χ0n) is 11.6. The predicted octanol–water partition coefficient (Wildman–Crippen LogP) is 2.75. The molecule has 20 heavy (non-hydrogen) atoms. The van der Waals surface area contributed by atoms with E-state index in [0.717, 1.165) is 24.3 Å². The van der Waals surface area contributed by atoms with Crippen molar-refractivity contribution in [2.24, 2.45) is 0 Å². The minimum Gasteiger partial charge on any atom is -0.494 e. The molecule has 0 aliphatic rings. The van der Waals surface area contributed by atoms with Gasteiger partial charge in [0.15, 0.2) is 0 Å². The summed E-state index contributed by atoms with van der Waals surface area (Å²) >= 11 is 6.03. The third-order valence-electron chi connectivity index (χ3n) is 2.73. The van der Waals surface area contributed by atoms with Gasteiger partial charge in [0.2, 0.25) is 5.95 Å². The number of hydrogen-bond donors (Lipinski definition) is 1. The maximum atomic E-state index is 6.03. The fourth-order valence-electron chi connectivity index (χ4n) is 1.85. The molecule has 0 atom stereocenters. The molecule has 0 bridgehead atoms. The van der Waals surface area contributed by atoms with Crippen molar-refractivity contribution in [3.63, 3.8) is 0 Å². The number of halogens is 1. The van der Waals surface area contributed by atoms with Crippen LogP contribution in [0.4, 0.5) is 5.95 Å². The molecule has 7 heteroatoms. The molecule has 0 fully saturated rings. The van der Waals surface area contributed by atoms with Gasteiger partial charge in [0.05, 0.1) is 6.61 Å². The van der Waals surface area contributed by atoms with Crippen molar-refractivity contribution in [2.75, 3.05) is 11.9 Å². The Morgan fingerprint density at radius 3 is 2.95 bits per heavy atom. The highest BCUT2D eigenvalue weighted by atomic mass is 35.5. The third kappa shape index (κ3) is 3.60. The molecular weight excluding hydrogens is 278 g/mol. The number of aromatic nitrogens is 4. The molecule has 1 aromatic carbocycles. The number of ether oxygens (including phenoxy) is 1. The lowest BCUT2D eigenvalue weighted by atomic mass is 10.2. The van der Waals surface area contributed by atoms with Crippen molar-refractivity contribution in [2.45, 2.75) is 33.4 Å². The lowest BCUT2D eigenvalue weighted by Crippen LogP contribution is -2.09. The van der Waals surface area contributed by atoms with Crippen molar-refractivity contribution in [3.8, 4) is 5.75 Å². The van der Waals surface area contributed by atoms with Gasteiger partial charge in [-0.2, -0.15) is 0 Å². The van der Waals surface area contributed by atoms with Crippen molar-refractivity contribution in [3.05, 3.63) is 28.8 Å². The molecule has 0 amide bonds. The van der Waals surface area contributed by atoms with E-state index in [1.807, 2.05) is 25.1 Å². The average Bonchev–Trinajstić information content (AvgIpc) is 2.87. The van der Waals surface area contributed by atoms with Crippen molar-refractivity contribution in [1.29, 1.82) is 0 Å². The minimum atomic E-state index is 0.556. The van der Waals surface area contributed by atoms with Crippen LogP contribution in [-0.4, -0.2) is 26.8 Å². The number of rotatable bonds is 7. The average molecular weight is 296 g/mol. The second kappa shape index (κ2) is 7.09. The first-order valence-corrected chi connectivity index (χ1v) is 7.03. The highest BCUT2D eigenvalue weighted by Gasteiger charge is 2.08. The Bertz CT molecular complexity index is 557. The molecule has 1 heterocycles. The Morgan fingerprint density at radius 2 is 2.20 bits per heavy atom. The zero-order chi connectivity index (χ0) is 14.4. The van der Waals surface area contributed by atoms with Crippen LogP contribution in [0, 0.1) is 0 Å². The normalized spacial score (nSPS) is 10.6. The summed E-state index contributed by atoms with van der Waals surface area (Å²) in [7, 11) is 0. The Balaban J connectivity index is 2.09. The second-order valence-electron chi connectivity index (χ2n) is 4.26. The molecule has 0 saturated carbocycles. The first-order chi connectivity index (χ1) is 9.74. The van der Waals surface area contributed by atoms with Crippen LogP contribution in [0.5, 0.6) is 5.75 Å². The Kier molecular flexibility index (Phi) is 5.17. The molecule has 108 valence electrons. The maximum absolute atomic E-state index is 6.03. The van der Waals surface area contributed by atoms with E-state index in [4.69, 9.17) is 16.3 Å². The predicted molar refractivity (Wildman–Crippen MR) is 78.1 cm³/mol. The van der Waals surface area contributed by atoms with Gasteiger partial charge >= 0.3 is 0 Å². The largest absolute Gasteiger partial charge is 0.494 e. The van der Waals surface area contributed by atoms with Gasteiger partial charge in [-0.15, -0.1) is 0 Å². The van der Waals surface area contributed by atoms with Crippen LogP contribution in [0.3, 0.4) is 0 Å². The molecule has 0 unspecified atom stereocenters. The van der Waals surface area contributed by atoms with Gasteiger partial charge < -0.3 is 10.1 Å². The smallest absolute Gasteiger partial charge is 0.243 e. The topological polar surface area (TPSA) is 64.9 Å². The fourth-order valence-corrected chi connectivity index (χ4v) is 2.05. The molecule has 0 saturated heterocycles. The van der Waals surface area contributed by atoms with E-state index in [0.29, 0.717) is 24.1 Å². The van der Waals surface area contributed by atoms with E-state index < -0.39 is 0 Å². The van der Waals surface area contributed by atoms with Crippen molar-refractivity contribution in [1.82, 2.24) is 20.2 Å². The van der Waals surface area contributed by atoms with Gasteiger partial charge in [-0.1, -0.05) is 23.6 Å². The summed E-state index contributed by atoms with van der Waals surface area (Å²) in [5.74, 6) is 1.47. The van der Waals surface area contributed by atoms with E-state index in [1.165, 1.54) is 0 Å². The summed E-state index contributed by atoms with van der Waals surface area (Å²) in [5.41, 5.74) is 0.977. The van der Waals surface area contributed by atoms with Gasteiger partial charge in [-0.25, -0.2) is 4.68 Å². The number of tetrazole rings is 1. The van der Waals surface area contributed by atoms with Gasteiger partial charge in [0.25, 0.3) is 0 Å². The minimum absolute atomic E-state index is 0.556. The summed E-state index contributed by atoms with van der Waals surface area (Å²) in [6.07, 6.45) is 0.973. The molecular formula is C13H18ClN5O. The summed E-state index contributed by atoms with van der Waals surface area (Å²) in [5, 5.41) is 15.5. The maximum Gasteiger partial charge on any atom is 0.243 e. The molecule has 0 aliphatic carbocycles. The van der Waals surface area contributed by atoms with E-state index >= 15 is 0 Å². The molecule has 2 rings (SSSR count). The van der Waals surface area contributed by atoms with E-state index in [2.05, 4.69) is 27.8 Å². The molecule has 0 spiro atoms. The van der Waals surface area contributed by atoms with Gasteiger partial charge in [0, 0.05) is 23.7 Å². The highest BCUT2D eigenvalue weighted by molar-refractivity contribution is 6.30. The number of benzene rings is 1. The second-order valence-corrected chi connectivity index (χ2v) is 4.70. The quantitative estimate of drug-likeness (QED) is 0.851. The molecule has 1 aromatic heterocycles. The monoisotopic (exact) mass is 295 g/mol. The Morgan fingerprint density at radius 1 is 1.35 bits per heavy atom. The van der Waals surface area contributed by atoms with E-state index in [9.17, 15) is 0 Å². The number of aryl methyl sites for hydroxylation is 1. The van der Waals surface area contributed by atoms with Crippen LogP contribution in [0.1, 0.15) is 25.8 Å². The first-order valence-electron chi connectivity index (χ1n) is 6.65. The van der Waals surface area contributed by atoms with E-state index in [1.54, 1.807) is 4.68 Å². The van der Waals surface area contributed by atoms with Crippen LogP contribution in [0.15, 0.2) is 18.2 Å². The SMILES string of the molecule is CCCn1nnnc1NCc1cc(Cl)ccc1OCC. The number of nitrogens with one attached hydrogen (secondary N) is 1. The van der Waals surface area contributed by atoms with Crippen LogP contribution in [0.25, 0.3) is 0 Å². The van der Waals surface area contributed by atoms with Crippen LogP contribution < -0.4 is 10.1 Å². The molecule has 1 N–H and O–H groups in total. The molecule has 2 aromatic rings. The number of nitrogens with zero attached hydrogens (tertiary/aromatic N) is 4. The van der Waals surface area contributed by atoms with Gasteiger partial charge in [0.1, 0.15) is 5.75 Å². The highest BCUT2D eigenvalue weighted by Crippen LogP contribution is 2.23. The Hall–Kier alpha value is -1.82. The zero-order valence-corrected chi connectivity index (χ0v) is 12.4. The van der Waals surface area contributed by atoms with Crippen molar-refractivity contribution < 1.29 is 4.74 Å². The molecule has 6 nitrogen and oxygen atoms in total. The number of anilines is 1. The Labute approximate surface area is 123 Å². The molecule has 0 radical (unpaired) electrons. The summed E-state index contributed by atoms with van der Waals surface area (Å²) < 4.78 is 7.32. The van der Waals surface area contributed by atoms with Crippen LogP contribution >= 0.6 is 11.6 Å². The van der Waals surface area contributed by atoms with Gasteiger partial charge in [-0.05, 0) is 42.0 Å². The van der Waals surface area contributed by atoms with Crippen LogP contribution in [0.2, 0.25) is 5.02 Å². The van der Waals surface area contributed by atoms with Crippen molar-refractivity contribution >= 4 is 17.5 Å². The third-order valence-corrected chi connectivity index (χ3v) is 2.96. The molecule has 0 aliphatic heterocycles. The van der Waals surface area contributed by atoms with E-state index in [-0.39, 0.29) is 0 Å².